The minimum Gasteiger partial charge on any atom is -0.379 e. The maximum atomic E-state index is 12.8. The van der Waals surface area contributed by atoms with Gasteiger partial charge in [0.25, 0.3) is 0 Å². The van der Waals surface area contributed by atoms with Crippen LogP contribution in [0.5, 0.6) is 0 Å². The number of rotatable bonds is 13. The first kappa shape index (κ1) is 34.4. The minimum absolute atomic E-state index is 0.657. The molecule has 2 aliphatic rings. The molecule has 1 atom stereocenters. The highest BCUT2D eigenvalue weighted by molar-refractivity contribution is 8.00. The molecule has 2 saturated heterocycles. The van der Waals surface area contributed by atoms with Crippen LogP contribution in [0.4, 0.5) is 23.0 Å². The second-order valence-electron chi connectivity index (χ2n) is 12.2. The molecule has 0 spiro atoms. The van der Waals surface area contributed by atoms with Gasteiger partial charge in [-0.3, -0.25) is 14.0 Å². The van der Waals surface area contributed by atoms with Gasteiger partial charge in [-0.25, -0.2) is 9.97 Å². The Kier molecular flexibility index (Phi) is 11.1. The highest BCUT2D eigenvalue weighted by Gasteiger charge is 2.18. The molecule has 0 bridgehead atoms. The third kappa shape index (κ3) is 8.95. The molecule has 3 N–H and O–H groups in total. The van der Waals surface area contributed by atoms with E-state index in [0.717, 1.165) is 106 Å². The molecule has 258 valence electrons. The Morgan fingerprint density at radius 2 is 1.73 bits per heavy atom. The highest BCUT2D eigenvalue weighted by Crippen LogP contribution is 2.29. The van der Waals surface area contributed by atoms with Crippen LogP contribution in [0.1, 0.15) is 16.8 Å². The van der Waals surface area contributed by atoms with Crippen molar-refractivity contribution >= 4 is 43.3 Å². The molecule has 12 nitrogen and oxygen atoms in total. The van der Waals surface area contributed by atoms with Gasteiger partial charge in [0.15, 0.2) is 5.82 Å². The number of ether oxygens (including phenoxy) is 2. The Balaban J connectivity index is 1.23. The Labute approximate surface area is 288 Å². The molecule has 0 amide bonds. The number of anilines is 4. The number of nitrogens with zero attached hydrogens (tertiary/aromatic N) is 6. The monoisotopic (exact) mass is 683 g/mol. The van der Waals surface area contributed by atoms with Gasteiger partial charge >= 0.3 is 0 Å². The number of nitrogens with one attached hydrogen (secondary N) is 3. The van der Waals surface area contributed by atoms with E-state index in [-0.39, 0.29) is 0 Å². The maximum absolute atomic E-state index is 12.8. The molecule has 13 heteroatoms. The number of aryl methyl sites for hydroxylation is 1. The number of benzene rings is 2. The summed E-state index contributed by atoms with van der Waals surface area (Å²) in [5.41, 5.74) is 5.26. The highest BCUT2D eigenvalue weighted by atomic mass is 32.2. The lowest BCUT2D eigenvalue weighted by Gasteiger charge is -2.26. The molecule has 0 aliphatic carbocycles. The number of morpholine rings is 2. The molecule has 0 saturated carbocycles. The van der Waals surface area contributed by atoms with E-state index < -0.39 is 9.52 Å². The molecule has 6 rings (SSSR count). The molecular weight excluding hydrogens is 639 g/mol. The van der Waals surface area contributed by atoms with Gasteiger partial charge in [0.2, 0.25) is 0 Å². The molecule has 4 heterocycles. The second-order valence-corrected chi connectivity index (χ2v) is 14.7. The molecule has 2 aliphatic heterocycles. The van der Waals surface area contributed by atoms with Gasteiger partial charge in [0.05, 0.1) is 32.1 Å². The van der Waals surface area contributed by atoms with Crippen LogP contribution >= 0.6 is 0 Å². The van der Waals surface area contributed by atoms with Gasteiger partial charge in [-0.05, 0) is 48.9 Å². The summed E-state index contributed by atoms with van der Waals surface area (Å²) in [7, 11) is -2.45. The van der Waals surface area contributed by atoms with E-state index in [2.05, 4.69) is 73.0 Å². The summed E-state index contributed by atoms with van der Waals surface area (Å²) >= 11 is 0. The van der Waals surface area contributed by atoms with Crippen molar-refractivity contribution < 1.29 is 13.7 Å². The van der Waals surface area contributed by atoms with Gasteiger partial charge in [0.1, 0.15) is 18.0 Å². The predicted molar refractivity (Wildman–Crippen MR) is 198 cm³/mol. The first-order chi connectivity index (χ1) is 23.8. The summed E-state index contributed by atoms with van der Waals surface area (Å²) in [5, 5.41) is 18.2. The molecule has 49 heavy (non-hydrogen) atoms. The first-order valence-electron chi connectivity index (χ1n) is 16.5. The number of hydrogen-bond acceptors (Lipinski definition) is 11. The van der Waals surface area contributed by atoms with E-state index in [0.29, 0.717) is 23.0 Å². The van der Waals surface area contributed by atoms with Crippen LogP contribution in [0.25, 0.3) is 11.5 Å². The zero-order chi connectivity index (χ0) is 34.2. The largest absolute Gasteiger partial charge is 0.379 e. The molecule has 2 aromatic carbocycles. The van der Waals surface area contributed by atoms with Crippen LogP contribution < -0.4 is 16.0 Å². The lowest BCUT2D eigenvalue weighted by molar-refractivity contribution is 0.0336. The fraction of sp³-hybridized carbons (Fsp3) is 0.361. The smallest absolute Gasteiger partial charge is 0.161 e. The van der Waals surface area contributed by atoms with Crippen molar-refractivity contribution in [1.29, 1.82) is 0 Å². The zero-order valence-corrected chi connectivity index (χ0v) is 29.1. The minimum atomic E-state index is -2.45. The molecule has 1 unspecified atom stereocenters. The summed E-state index contributed by atoms with van der Waals surface area (Å²) in [6.07, 6.45) is 3.20. The fourth-order valence-electron chi connectivity index (χ4n) is 5.71. The fourth-order valence-corrected chi connectivity index (χ4v) is 6.57. The van der Waals surface area contributed by atoms with E-state index in [1.54, 1.807) is 12.6 Å². The number of hydrogen-bond donors (Lipinski definition) is 3. The Hall–Kier alpha value is -4.49. The average molecular weight is 684 g/mol. The second kappa shape index (κ2) is 15.8. The van der Waals surface area contributed by atoms with E-state index in [1.165, 1.54) is 0 Å². The zero-order valence-electron chi connectivity index (χ0n) is 28.3. The summed E-state index contributed by atoms with van der Waals surface area (Å²) in [6, 6.07) is 17.6. The molecule has 2 aromatic heterocycles. The van der Waals surface area contributed by atoms with Crippen LogP contribution in [0, 0.1) is 6.92 Å². The van der Waals surface area contributed by atoms with E-state index in [4.69, 9.17) is 14.6 Å². The van der Waals surface area contributed by atoms with E-state index >= 15 is 0 Å². The normalized spacial score (nSPS) is 16.8. The van der Waals surface area contributed by atoms with Gasteiger partial charge in [-0.1, -0.05) is 29.8 Å². The molecular formula is C36H45N9O3S. The lowest BCUT2D eigenvalue weighted by atomic mass is 10.1. The van der Waals surface area contributed by atoms with Crippen molar-refractivity contribution in [2.75, 3.05) is 87.9 Å². The summed E-state index contributed by atoms with van der Waals surface area (Å²) in [5.74, 6) is 2.18. The Morgan fingerprint density at radius 1 is 0.980 bits per heavy atom. The predicted octanol–water partition coefficient (Wildman–Crippen LogP) is 4.23. The number of aromatic nitrogens is 4. The van der Waals surface area contributed by atoms with Gasteiger partial charge in [-0.2, -0.15) is 9.78 Å². The quantitative estimate of drug-likeness (QED) is 0.176. The van der Waals surface area contributed by atoms with Crippen LogP contribution in [0.2, 0.25) is 0 Å². The maximum Gasteiger partial charge on any atom is 0.161 e. The summed E-state index contributed by atoms with van der Waals surface area (Å²) < 4.78 is 25.7. The summed E-state index contributed by atoms with van der Waals surface area (Å²) in [6.45, 7) is 18.9. The van der Waals surface area contributed by atoms with Crippen molar-refractivity contribution in [2.24, 2.45) is 0 Å². The van der Waals surface area contributed by atoms with Gasteiger partial charge in [0, 0.05) is 95.7 Å². The Bertz CT molecular complexity index is 1920. The molecule has 0 radical (unpaired) electrons. The van der Waals surface area contributed by atoms with Crippen molar-refractivity contribution in [3.8, 4) is 5.82 Å². The van der Waals surface area contributed by atoms with Gasteiger partial charge in [-0.15, -0.1) is 0 Å². The first-order valence-corrected chi connectivity index (χ1v) is 18.5. The van der Waals surface area contributed by atoms with Crippen molar-refractivity contribution in [2.45, 2.75) is 18.4 Å². The lowest BCUT2D eigenvalue weighted by Crippen LogP contribution is -2.39. The SMILES string of the molecule is C=C=S(C)(=O)c1cccc(C(=C)Nc2ccc(C)c(Nc3cc(CN4CCOCC4)nn3-c3cc(NCCN4CCOCC4)ncn3)c2)c1. The average Bonchev–Trinajstić information content (AvgIpc) is 3.52. The van der Waals surface area contributed by atoms with E-state index in [1.807, 2.05) is 47.1 Å². The van der Waals surface area contributed by atoms with Crippen molar-refractivity contribution in [3.05, 3.63) is 90.9 Å². The molecule has 4 aromatic rings. The van der Waals surface area contributed by atoms with Crippen molar-refractivity contribution in [1.82, 2.24) is 29.5 Å². The van der Waals surface area contributed by atoms with Crippen LogP contribution in [0.15, 0.2) is 79.0 Å². The third-order valence-corrected chi connectivity index (χ3v) is 10.4. The van der Waals surface area contributed by atoms with Crippen molar-refractivity contribution in [3.63, 3.8) is 0 Å². The topological polar surface area (TPSA) is 122 Å². The Morgan fingerprint density at radius 3 is 2.49 bits per heavy atom. The van der Waals surface area contributed by atoms with Crippen LogP contribution in [-0.2, 0) is 25.5 Å². The van der Waals surface area contributed by atoms with E-state index in [9.17, 15) is 4.21 Å². The van der Waals surface area contributed by atoms with Crippen LogP contribution in [-0.4, -0.2) is 111 Å². The van der Waals surface area contributed by atoms with Crippen LogP contribution in [0.3, 0.4) is 0 Å². The summed E-state index contributed by atoms with van der Waals surface area (Å²) in [4.78, 5) is 14.5. The standard InChI is InChI=1S/C36H45N9O3S/c1-5-49(4,46)32-8-6-7-29(21-32)28(3)40-30-10-9-27(2)33(22-30)41-36-23-31(25-44-15-19-48-20-16-44)42-45(36)35-24-34(38-26-39-35)37-11-12-43-13-17-47-18-14-43/h6-10,21-24,26,40-41H,1,3,11-20,25H2,2,4H3,(H,37,38,39). The molecule has 2 fully saturated rings. The van der Waals surface area contributed by atoms with Gasteiger partial charge < -0.3 is 25.4 Å². The third-order valence-electron chi connectivity index (χ3n) is 8.66.